The molecule has 3 nitrogen and oxygen atoms in total. The fraction of sp³-hybridized carbons (Fsp3) is 0.143. The van der Waals surface area contributed by atoms with Crippen LogP contribution >= 0.6 is 0 Å². The molecule has 2 rings (SSSR count). The number of aryl methyl sites for hydroxylation is 1. The Labute approximate surface area is 105 Å². The van der Waals surface area contributed by atoms with E-state index in [2.05, 4.69) is 5.32 Å². The Morgan fingerprint density at radius 3 is 2.61 bits per heavy atom. The number of halogens is 1. The van der Waals surface area contributed by atoms with Gasteiger partial charge in [-0.25, -0.2) is 4.39 Å². The minimum Gasteiger partial charge on any atom is -0.495 e. The fourth-order valence-electron chi connectivity index (χ4n) is 1.67. The number of rotatable bonds is 3. The molecule has 2 aromatic carbocycles. The van der Waals surface area contributed by atoms with Gasteiger partial charge >= 0.3 is 0 Å². The van der Waals surface area contributed by atoms with Crippen molar-refractivity contribution in [2.24, 2.45) is 0 Å². The minimum atomic E-state index is -0.286. The molecule has 3 N–H and O–H groups in total. The Hall–Kier alpha value is -2.23. The first-order valence-corrected chi connectivity index (χ1v) is 5.57. The molecule has 0 heterocycles. The number of nitrogens with one attached hydrogen (secondary N) is 1. The van der Waals surface area contributed by atoms with E-state index >= 15 is 0 Å². The number of hydrogen-bond donors (Lipinski definition) is 2. The minimum absolute atomic E-state index is 0.286. The van der Waals surface area contributed by atoms with Crippen LogP contribution in [0.25, 0.3) is 0 Å². The second-order valence-electron chi connectivity index (χ2n) is 4.07. The Morgan fingerprint density at radius 2 is 1.94 bits per heavy atom. The SMILES string of the molecule is COc1cc(Nc2ccc(C)cc2F)ccc1N. The van der Waals surface area contributed by atoms with Crippen molar-refractivity contribution in [3.63, 3.8) is 0 Å². The van der Waals surface area contributed by atoms with Gasteiger partial charge in [-0.05, 0) is 36.8 Å². The third kappa shape index (κ3) is 2.53. The van der Waals surface area contributed by atoms with Crippen molar-refractivity contribution >= 4 is 17.1 Å². The highest BCUT2D eigenvalue weighted by molar-refractivity contribution is 5.67. The quantitative estimate of drug-likeness (QED) is 0.815. The van der Waals surface area contributed by atoms with Gasteiger partial charge in [-0.2, -0.15) is 0 Å². The zero-order valence-electron chi connectivity index (χ0n) is 10.3. The van der Waals surface area contributed by atoms with Crippen LogP contribution in [0, 0.1) is 12.7 Å². The molecule has 0 aliphatic carbocycles. The van der Waals surface area contributed by atoms with Crippen molar-refractivity contribution in [2.75, 3.05) is 18.2 Å². The lowest BCUT2D eigenvalue weighted by atomic mass is 10.2. The topological polar surface area (TPSA) is 47.3 Å². The van der Waals surface area contributed by atoms with Crippen molar-refractivity contribution in [3.8, 4) is 5.75 Å². The molecule has 0 saturated heterocycles. The predicted molar refractivity (Wildman–Crippen MR) is 71.8 cm³/mol. The van der Waals surface area contributed by atoms with Crippen molar-refractivity contribution in [2.45, 2.75) is 6.92 Å². The van der Waals surface area contributed by atoms with Crippen molar-refractivity contribution in [3.05, 3.63) is 47.8 Å². The Kier molecular flexibility index (Phi) is 3.37. The first-order valence-electron chi connectivity index (χ1n) is 5.57. The highest BCUT2D eigenvalue weighted by Gasteiger charge is 2.05. The van der Waals surface area contributed by atoms with Crippen LogP contribution in [0.3, 0.4) is 0 Å². The number of hydrogen-bond acceptors (Lipinski definition) is 3. The van der Waals surface area contributed by atoms with Crippen molar-refractivity contribution in [1.82, 2.24) is 0 Å². The molecule has 0 aromatic heterocycles. The lowest BCUT2D eigenvalue weighted by molar-refractivity contribution is 0.417. The second-order valence-corrected chi connectivity index (χ2v) is 4.07. The molecule has 0 atom stereocenters. The number of ether oxygens (including phenoxy) is 1. The molecular weight excluding hydrogens is 231 g/mol. The van der Waals surface area contributed by atoms with Crippen LogP contribution in [0.1, 0.15) is 5.56 Å². The summed E-state index contributed by atoms with van der Waals surface area (Å²) in [4.78, 5) is 0. The van der Waals surface area contributed by atoms with E-state index in [0.29, 0.717) is 17.1 Å². The van der Waals surface area contributed by atoms with Crippen LogP contribution in [-0.4, -0.2) is 7.11 Å². The maximum atomic E-state index is 13.7. The summed E-state index contributed by atoms with van der Waals surface area (Å²) in [6, 6.07) is 10.3. The van der Waals surface area contributed by atoms with E-state index in [0.717, 1.165) is 11.3 Å². The molecule has 18 heavy (non-hydrogen) atoms. The summed E-state index contributed by atoms with van der Waals surface area (Å²) >= 11 is 0. The van der Waals surface area contributed by atoms with Gasteiger partial charge in [-0.3, -0.25) is 0 Å². The number of anilines is 3. The number of nitrogen functional groups attached to an aromatic ring is 1. The third-order valence-electron chi connectivity index (χ3n) is 2.64. The van der Waals surface area contributed by atoms with E-state index in [1.54, 1.807) is 31.4 Å². The van der Waals surface area contributed by atoms with Gasteiger partial charge in [0.2, 0.25) is 0 Å². The second kappa shape index (κ2) is 4.96. The molecule has 0 aliphatic rings. The van der Waals surface area contributed by atoms with Crippen LogP contribution in [-0.2, 0) is 0 Å². The molecule has 0 saturated carbocycles. The molecule has 0 bridgehead atoms. The molecule has 0 aliphatic heterocycles. The largest absolute Gasteiger partial charge is 0.495 e. The average Bonchev–Trinajstić information content (AvgIpc) is 2.35. The third-order valence-corrected chi connectivity index (χ3v) is 2.64. The zero-order chi connectivity index (χ0) is 13.1. The van der Waals surface area contributed by atoms with E-state index in [1.165, 1.54) is 6.07 Å². The highest BCUT2D eigenvalue weighted by atomic mass is 19.1. The normalized spacial score (nSPS) is 10.2. The molecule has 0 amide bonds. The number of methoxy groups -OCH3 is 1. The lowest BCUT2D eigenvalue weighted by Gasteiger charge is -2.11. The Bertz CT molecular complexity index is 570. The Balaban J connectivity index is 2.28. The molecule has 0 radical (unpaired) electrons. The summed E-state index contributed by atoms with van der Waals surface area (Å²) < 4.78 is 18.8. The number of benzene rings is 2. The molecule has 2 aromatic rings. The van der Waals surface area contributed by atoms with Crippen LogP contribution < -0.4 is 15.8 Å². The highest BCUT2D eigenvalue weighted by Crippen LogP contribution is 2.28. The maximum Gasteiger partial charge on any atom is 0.146 e. The standard InChI is InChI=1S/C14H15FN2O/c1-9-3-6-13(11(15)7-9)17-10-4-5-12(16)14(8-10)18-2/h3-8,17H,16H2,1-2H3. The van der Waals surface area contributed by atoms with Crippen LogP contribution in [0.15, 0.2) is 36.4 Å². The van der Waals surface area contributed by atoms with Crippen LogP contribution in [0.4, 0.5) is 21.5 Å². The first kappa shape index (κ1) is 12.2. The van der Waals surface area contributed by atoms with Gasteiger partial charge in [-0.1, -0.05) is 6.07 Å². The zero-order valence-corrected chi connectivity index (χ0v) is 10.3. The lowest BCUT2D eigenvalue weighted by Crippen LogP contribution is -1.97. The van der Waals surface area contributed by atoms with Crippen molar-refractivity contribution < 1.29 is 9.13 Å². The number of nitrogens with two attached hydrogens (primary N) is 1. The summed E-state index contributed by atoms with van der Waals surface area (Å²) in [7, 11) is 1.54. The van der Waals surface area contributed by atoms with Gasteiger partial charge in [0.25, 0.3) is 0 Å². The van der Waals surface area contributed by atoms with Gasteiger partial charge in [0, 0.05) is 11.8 Å². The van der Waals surface area contributed by atoms with Gasteiger partial charge in [0.05, 0.1) is 18.5 Å². The predicted octanol–water partition coefficient (Wildman–Crippen LogP) is 3.47. The summed E-state index contributed by atoms with van der Waals surface area (Å²) in [5, 5.41) is 2.99. The molecule has 4 heteroatoms. The van der Waals surface area contributed by atoms with E-state index in [1.807, 2.05) is 13.0 Å². The smallest absolute Gasteiger partial charge is 0.146 e. The first-order chi connectivity index (χ1) is 8.60. The fourth-order valence-corrected chi connectivity index (χ4v) is 1.67. The van der Waals surface area contributed by atoms with Crippen LogP contribution in [0.5, 0.6) is 5.75 Å². The molecule has 0 spiro atoms. The maximum absolute atomic E-state index is 13.7. The monoisotopic (exact) mass is 246 g/mol. The van der Waals surface area contributed by atoms with E-state index < -0.39 is 0 Å². The van der Waals surface area contributed by atoms with Gasteiger partial charge in [0.15, 0.2) is 0 Å². The average molecular weight is 246 g/mol. The van der Waals surface area contributed by atoms with E-state index in [-0.39, 0.29) is 5.82 Å². The van der Waals surface area contributed by atoms with E-state index in [9.17, 15) is 4.39 Å². The summed E-state index contributed by atoms with van der Waals surface area (Å²) in [6.07, 6.45) is 0. The van der Waals surface area contributed by atoms with E-state index in [4.69, 9.17) is 10.5 Å². The van der Waals surface area contributed by atoms with Crippen molar-refractivity contribution in [1.29, 1.82) is 0 Å². The molecule has 94 valence electrons. The van der Waals surface area contributed by atoms with Gasteiger partial charge in [0.1, 0.15) is 11.6 Å². The van der Waals surface area contributed by atoms with Gasteiger partial charge < -0.3 is 15.8 Å². The Morgan fingerprint density at radius 1 is 1.17 bits per heavy atom. The molecule has 0 unspecified atom stereocenters. The summed E-state index contributed by atoms with van der Waals surface area (Å²) in [5.74, 6) is 0.276. The summed E-state index contributed by atoms with van der Waals surface area (Å²) in [5.41, 5.74) is 8.30. The van der Waals surface area contributed by atoms with Gasteiger partial charge in [-0.15, -0.1) is 0 Å². The summed E-state index contributed by atoms with van der Waals surface area (Å²) in [6.45, 7) is 1.85. The molecular formula is C14H15FN2O. The van der Waals surface area contributed by atoms with Crippen LogP contribution in [0.2, 0.25) is 0 Å². The molecule has 0 fully saturated rings.